The summed E-state index contributed by atoms with van der Waals surface area (Å²) >= 11 is 1.16. The quantitative estimate of drug-likeness (QED) is 0.405. The predicted octanol–water partition coefficient (Wildman–Crippen LogP) is 6.34. The first-order valence-corrected chi connectivity index (χ1v) is 11.1. The van der Waals surface area contributed by atoms with Gasteiger partial charge in [0, 0.05) is 10.9 Å². The Hall–Kier alpha value is -3.20. The van der Waals surface area contributed by atoms with Crippen molar-refractivity contribution < 1.29 is 27.5 Å². The summed E-state index contributed by atoms with van der Waals surface area (Å²) in [5.41, 5.74) is 3.00. The lowest BCUT2D eigenvalue weighted by Crippen LogP contribution is -2.31. The molecule has 0 bridgehead atoms. The van der Waals surface area contributed by atoms with Crippen LogP contribution in [0.1, 0.15) is 51.3 Å². The number of amides is 1. The highest BCUT2D eigenvalue weighted by atomic mass is 32.1. The number of hydrogen-bond donors (Lipinski definition) is 0. The molecule has 2 heterocycles. The highest BCUT2D eigenvalue weighted by Gasteiger charge is 2.40. The monoisotopic (exact) mass is 474 g/mol. The number of thiazole rings is 1. The van der Waals surface area contributed by atoms with Gasteiger partial charge in [-0.05, 0) is 44.0 Å². The van der Waals surface area contributed by atoms with E-state index in [4.69, 9.17) is 4.74 Å². The number of hydrogen-bond acceptors (Lipinski definition) is 5. The van der Waals surface area contributed by atoms with E-state index in [1.807, 2.05) is 39.0 Å². The molecule has 1 aromatic heterocycles. The second-order valence-electron chi connectivity index (χ2n) is 8.16. The van der Waals surface area contributed by atoms with Crippen LogP contribution in [-0.2, 0) is 17.5 Å². The summed E-state index contributed by atoms with van der Waals surface area (Å²) in [6.45, 7) is 5.63. The molecular formula is C24H21F3N2O3S. The molecule has 1 fully saturated rings. The summed E-state index contributed by atoms with van der Waals surface area (Å²) in [7, 11) is 0. The fraction of sp³-hybridized carbons (Fsp3) is 0.292. The van der Waals surface area contributed by atoms with Gasteiger partial charge in [-0.2, -0.15) is 13.2 Å². The van der Waals surface area contributed by atoms with Crippen molar-refractivity contribution in [2.75, 3.05) is 0 Å². The minimum absolute atomic E-state index is 0.0868. The third-order valence-corrected chi connectivity index (χ3v) is 6.50. The van der Waals surface area contributed by atoms with Crippen LogP contribution in [0.4, 0.5) is 18.0 Å². The standard InChI is InChI=1S/C24H21F3N2O3S/c1-13-6-14(2)8-16(7-13)21-15(3)29(23(31)32-21)10-17-9-18(24(25,26)27)4-5-20(17)22-28-19(11-30)12-33-22/h4-9,11-12,15,21H,10H2,1-3H3/t15-,21-/m0/s1. The summed E-state index contributed by atoms with van der Waals surface area (Å²) in [6, 6.07) is 8.84. The number of aromatic nitrogens is 1. The number of halogens is 3. The van der Waals surface area contributed by atoms with E-state index in [-0.39, 0.29) is 17.8 Å². The van der Waals surface area contributed by atoms with Gasteiger partial charge in [-0.25, -0.2) is 9.78 Å². The van der Waals surface area contributed by atoms with Crippen LogP contribution in [0.2, 0.25) is 0 Å². The maximum absolute atomic E-state index is 13.4. The molecule has 33 heavy (non-hydrogen) atoms. The number of aryl methyl sites for hydroxylation is 2. The minimum Gasteiger partial charge on any atom is -0.439 e. The van der Waals surface area contributed by atoms with Crippen LogP contribution in [0.3, 0.4) is 0 Å². The number of rotatable bonds is 5. The summed E-state index contributed by atoms with van der Waals surface area (Å²) < 4.78 is 45.9. The number of carbonyl (C=O) groups is 2. The van der Waals surface area contributed by atoms with Crippen LogP contribution < -0.4 is 0 Å². The van der Waals surface area contributed by atoms with Crippen LogP contribution in [-0.4, -0.2) is 28.3 Å². The Morgan fingerprint density at radius 1 is 1.15 bits per heavy atom. The number of alkyl halides is 3. The number of ether oxygens (including phenoxy) is 1. The Labute approximate surface area is 192 Å². The summed E-state index contributed by atoms with van der Waals surface area (Å²) in [6.07, 6.45) is -5.09. The molecule has 4 rings (SSSR count). The van der Waals surface area contributed by atoms with Crippen LogP contribution in [0.15, 0.2) is 41.8 Å². The van der Waals surface area contributed by atoms with E-state index < -0.39 is 30.0 Å². The molecule has 0 N–H and O–H groups in total. The van der Waals surface area contributed by atoms with Crippen LogP contribution in [0.5, 0.6) is 0 Å². The molecule has 0 radical (unpaired) electrons. The Morgan fingerprint density at radius 3 is 2.45 bits per heavy atom. The number of benzene rings is 2. The molecule has 1 amide bonds. The third kappa shape index (κ3) is 4.64. The van der Waals surface area contributed by atoms with Gasteiger partial charge in [-0.3, -0.25) is 9.69 Å². The van der Waals surface area contributed by atoms with E-state index in [0.717, 1.165) is 40.2 Å². The zero-order valence-electron chi connectivity index (χ0n) is 18.1. The molecule has 1 saturated heterocycles. The molecular weight excluding hydrogens is 453 g/mol. The van der Waals surface area contributed by atoms with Crippen molar-refractivity contribution in [2.24, 2.45) is 0 Å². The second-order valence-corrected chi connectivity index (χ2v) is 9.02. The molecule has 172 valence electrons. The lowest BCUT2D eigenvalue weighted by atomic mass is 9.98. The topological polar surface area (TPSA) is 59.5 Å². The maximum atomic E-state index is 13.4. The van der Waals surface area contributed by atoms with Crippen molar-refractivity contribution in [3.63, 3.8) is 0 Å². The smallest absolute Gasteiger partial charge is 0.416 e. The van der Waals surface area contributed by atoms with Crippen LogP contribution >= 0.6 is 11.3 Å². The van der Waals surface area contributed by atoms with Crippen molar-refractivity contribution >= 4 is 23.7 Å². The fourth-order valence-corrected chi connectivity index (χ4v) is 4.92. The van der Waals surface area contributed by atoms with Gasteiger partial charge in [0.05, 0.1) is 18.2 Å². The highest BCUT2D eigenvalue weighted by Crippen LogP contribution is 2.38. The van der Waals surface area contributed by atoms with Crippen molar-refractivity contribution in [1.29, 1.82) is 0 Å². The normalized spacial score (nSPS) is 18.5. The Kier molecular flexibility index (Phi) is 6.00. The van der Waals surface area contributed by atoms with Gasteiger partial charge >= 0.3 is 12.3 Å². The molecule has 2 aromatic carbocycles. The maximum Gasteiger partial charge on any atom is 0.416 e. The predicted molar refractivity (Wildman–Crippen MR) is 118 cm³/mol. The molecule has 2 atom stereocenters. The van der Waals surface area contributed by atoms with Crippen molar-refractivity contribution in [3.8, 4) is 10.6 Å². The van der Waals surface area contributed by atoms with Gasteiger partial charge < -0.3 is 4.74 Å². The van der Waals surface area contributed by atoms with Gasteiger partial charge in [-0.15, -0.1) is 11.3 Å². The first-order chi connectivity index (χ1) is 15.6. The van der Waals surface area contributed by atoms with Crippen LogP contribution in [0, 0.1) is 13.8 Å². The summed E-state index contributed by atoms with van der Waals surface area (Å²) in [5, 5.41) is 1.94. The van der Waals surface area contributed by atoms with Gasteiger partial charge in [0.1, 0.15) is 16.8 Å². The number of aldehydes is 1. The molecule has 3 aromatic rings. The molecule has 0 aliphatic carbocycles. The van der Waals surface area contributed by atoms with E-state index >= 15 is 0 Å². The molecule has 1 aliphatic rings. The first-order valence-electron chi connectivity index (χ1n) is 10.2. The number of carbonyl (C=O) groups excluding carboxylic acids is 2. The first kappa shape index (κ1) is 23.0. The molecule has 1 aliphatic heterocycles. The van der Waals surface area contributed by atoms with Gasteiger partial charge in [0.2, 0.25) is 0 Å². The van der Waals surface area contributed by atoms with Crippen molar-refractivity contribution in [1.82, 2.24) is 9.88 Å². The van der Waals surface area contributed by atoms with Crippen LogP contribution in [0.25, 0.3) is 10.6 Å². The van der Waals surface area contributed by atoms with E-state index in [2.05, 4.69) is 4.98 Å². The molecule has 0 saturated carbocycles. The van der Waals surface area contributed by atoms with E-state index in [0.29, 0.717) is 16.9 Å². The van der Waals surface area contributed by atoms with Crippen molar-refractivity contribution in [3.05, 3.63) is 75.3 Å². The molecule has 0 spiro atoms. The summed E-state index contributed by atoms with van der Waals surface area (Å²) in [4.78, 5) is 29.4. The fourth-order valence-electron chi connectivity index (χ4n) is 4.09. The Morgan fingerprint density at radius 2 is 1.85 bits per heavy atom. The Bertz CT molecular complexity index is 1200. The largest absolute Gasteiger partial charge is 0.439 e. The number of cyclic esters (lactones) is 1. The average molecular weight is 475 g/mol. The third-order valence-electron chi connectivity index (χ3n) is 5.61. The molecule has 9 heteroatoms. The van der Waals surface area contributed by atoms with Gasteiger partial charge in [-0.1, -0.05) is 35.4 Å². The zero-order chi connectivity index (χ0) is 23.9. The highest BCUT2D eigenvalue weighted by molar-refractivity contribution is 7.13. The lowest BCUT2D eigenvalue weighted by Gasteiger charge is -2.23. The molecule has 5 nitrogen and oxygen atoms in total. The van der Waals surface area contributed by atoms with Gasteiger partial charge in [0.25, 0.3) is 0 Å². The number of nitrogens with zero attached hydrogens (tertiary/aromatic N) is 2. The van der Waals surface area contributed by atoms with E-state index in [9.17, 15) is 22.8 Å². The molecule has 0 unspecified atom stereocenters. The van der Waals surface area contributed by atoms with E-state index in [1.54, 1.807) is 0 Å². The lowest BCUT2D eigenvalue weighted by molar-refractivity contribution is -0.137. The average Bonchev–Trinajstić information content (AvgIpc) is 3.32. The Balaban J connectivity index is 1.70. The zero-order valence-corrected chi connectivity index (χ0v) is 19.0. The minimum atomic E-state index is -4.54. The van der Waals surface area contributed by atoms with Crippen molar-refractivity contribution in [2.45, 2.75) is 45.6 Å². The van der Waals surface area contributed by atoms with Gasteiger partial charge in [0.15, 0.2) is 6.29 Å². The van der Waals surface area contributed by atoms with E-state index in [1.165, 1.54) is 16.3 Å². The second kappa shape index (κ2) is 8.62. The SMILES string of the molecule is Cc1cc(C)cc([C@H]2OC(=O)N(Cc3cc(C(F)(F)F)ccc3-c3nc(C=O)cs3)[C@H]2C)c1. The summed E-state index contributed by atoms with van der Waals surface area (Å²) in [5.74, 6) is 0.